The first-order chi connectivity index (χ1) is 22.2. The Morgan fingerprint density at radius 3 is 2.35 bits per heavy atom. The number of hydrogen-bond acceptors (Lipinski definition) is 10. The first-order valence-corrected chi connectivity index (χ1v) is 16.4. The molecule has 5 rings (SSSR count). The van der Waals surface area contributed by atoms with Gasteiger partial charge in [-0.3, -0.25) is 19.2 Å². The van der Waals surface area contributed by atoms with E-state index in [0.717, 1.165) is 17.3 Å². The lowest BCUT2D eigenvalue weighted by molar-refractivity contribution is -0.139. The van der Waals surface area contributed by atoms with Crippen molar-refractivity contribution in [3.8, 4) is 11.5 Å². The van der Waals surface area contributed by atoms with Gasteiger partial charge in [-0.25, -0.2) is 4.98 Å². The molecule has 2 aliphatic heterocycles. The van der Waals surface area contributed by atoms with Crippen molar-refractivity contribution in [1.29, 1.82) is 0 Å². The highest BCUT2D eigenvalue weighted by Gasteiger charge is 2.36. The van der Waals surface area contributed by atoms with Gasteiger partial charge in [0.15, 0.2) is 16.6 Å². The number of carbonyl (C=O) groups is 4. The summed E-state index contributed by atoms with van der Waals surface area (Å²) in [4.78, 5) is 66.5. The van der Waals surface area contributed by atoms with Crippen LogP contribution < -0.4 is 19.7 Å². The van der Waals surface area contributed by atoms with Gasteiger partial charge in [0, 0.05) is 62.8 Å². The summed E-state index contributed by atoms with van der Waals surface area (Å²) in [6.07, 6.45) is 1.57. The molecule has 2 fully saturated rings. The van der Waals surface area contributed by atoms with Crippen LogP contribution in [0.25, 0.3) is 10.9 Å². The van der Waals surface area contributed by atoms with Gasteiger partial charge in [-0.1, -0.05) is 49.0 Å². The predicted octanol–water partition coefficient (Wildman–Crippen LogP) is 3.38. The number of amides is 3. The first-order valence-electron chi connectivity index (χ1n) is 15.4. The van der Waals surface area contributed by atoms with Crippen molar-refractivity contribution >= 4 is 57.3 Å². The van der Waals surface area contributed by atoms with Crippen molar-refractivity contribution < 1.29 is 28.7 Å². The number of piperazine rings is 1. The standard InChI is InChI=1S/C33H40N6O6S/c1-21(20-46-22(2)40)32(43)39-12-8-11-26(39)31(42)35-30-24-18-27(44-3)28(45-4)19-25(24)34-33(36-30)38-15-13-37(14-16-38)29(41)17-23-9-6-5-7-10-23/h5-7,9-10,18-19,21,26H,8,11-17,20H2,1-4H3,(H,34,35,36,42)/t21?,26-/m0/s1. The normalized spacial score (nSPS) is 17.1. The maximum absolute atomic E-state index is 13.8. The lowest BCUT2D eigenvalue weighted by atomic mass is 10.1. The van der Waals surface area contributed by atoms with Crippen molar-refractivity contribution in [2.75, 3.05) is 62.9 Å². The summed E-state index contributed by atoms with van der Waals surface area (Å²) in [7, 11) is 3.07. The van der Waals surface area contributed by atoms with Crippen molar-refractivity contribution in [3.63, 3.8) is 0 Å². The summed E-state index contributed by atoms with van der Waals surface area (Å²) >= 11 is 1.11. The van der Waals surface area contributed by atoms with Gasteiger partial charge >= 0.3 is 0 Å². The summed E-state index contributed by atoms with van der Waals surface area (Å²) < 4.78 is 11.0. The van der Waals surface area contributed by atoms with Crippen molar-refractivity contribution in [3.05, 3.63) is 48.0 Å². The van der Waals surface area contributed by atoms with Crippen LogP contribution in [0.4, 0.5) is 11.8 Å². The number of aromatic nitrogens is 2. The average Bonchev–Trinajstić information content (AvgIpc) is 3.57. The molecule has 12 nitrogen and oxygen atoms in total. The fourth-order valence-corrected chi connectivity index (χ4v) is 6.45. The number of ether oxygens (including phenoxy) is 2. The number of carbonyl (C=O) groups excluding carboxylic acids is 4. The summed E-state index contributed by atoms with van der Waals surface area (Å²) in [5.74, 6) is 1.21. The zero-order valence-corrected chi connectivity index (χ0v) is 27.5. The van der Waals surface area contributed by atoms with E-state index in [1.165, 1.54) is 14.0 Å². The number of fused-ring (bicyclic) bond motifs is 1. The third kappa shape index (κ3) is 7.52. The minimum atomic E-state index is -0.662. The maximum Gasteiger partial charge on any atom is 0.248 e. The number of thioether (sulfide) groups is 1. The molecule has 13 heteroatoms. The molecule has 0 aliphatic carbocycles. The quantitative estimate of drug-likeness (QED) is 0.349. The van der Waals surface area contributed by atoms with Gasteiger partial charge in [0.2, 0.25) is 23.7 Å². The molecule has 0 saturated carbocycles. The van der Waals surface area contributed by atoms with Gasteiger partial charge in [0.05, 0.1) is 26.2 Å². The molecule has 0 bridgehead atoms. The number of methoxy groups -OCH3 is 2. The minimum absolute atomic E-state index is 0.0472. The van der Waals surface area contributed by atoms with E-state index in [0.29, 0.717) is 91.9 Å². The van der Waals surface area contributed by atoms with Crippen molar-refractivity contribution in [1.82, 2.24) is 19.8 Å². The van der Waals surface area contributed by atoms with E-state index in [4.69, 9.17) is 19.4 Å². The lowest BCUT2D eigenvalue weighted by Gasteiger charge is -2.35. The van der Waals surface area contributed by atoms with Crippen LogP contribution in [0.2, 0.25) is 0 Å². The second-order valence-corrected chi connectivity index (χ2v) is 12.7. The van der Waals surface area contributed by atoms with Crippen LogP contribution in [0.5, 0.6) is 11.5 Å². The van der Waals surface area contributed by atoms with E-state index in [9.17, 15) is 19.2 Å². The van der Waals surface area contributed by atoms with E-state index in [1.807, 2.05) is 40.1 Å². The van der Waals surface area contributed by atoms with E-state index in [2.05, 4.69) is 5.32 Å². The number of likely N-dealkylation sites (tertiary alicyclic amines) is 1. The van der Waals surface area contributed by atoms with Gasteiger partial charge in [-0.2, -0.15) is 4.98 Å². The number of hydrogen-bond donors (Lipinski definition) is 1. The monoisotopic (exact) mass is 648 g/mol. The fraction of sp³-hybridized carbons (Fsp3) is 0.455. The fourth-order valence-electron chi connectivity index (χ4n) is 5.82. The molecule has 2 aliphatic rings. The molecule has 3 heterocycles. The zero-order valence-electron chi connectivity index (χ0n) is 26.7. The third-order valence-corrected chi connectivity index (χ3v) is 9.41. The molecular weight excluding hydrogens is 608 g/mol. The lowest BCUT2D eigenvalue weighted by Crippen LogP contribution is -2.49. The number of benzene rings is 2. The Kier molecular flexibility index (Phi) is 10.6. The Balaban J connectivity index is 1.37. The van der Waals surface area contributed by atoms with Crippen molar-refractivity contribution in [2.24, 2.45) is 5.92 Å². The topological polar surface area (TPSA) is 134 Å². The Morgan fingerprint density at radius 2 is 1.67 bits per heavy atom. The zero-order chi connectivity index (χ0) is 32.8. The van der Waals surface area contributed by atoms with Gasteiger partial charge < -0.3 is 29.5 Å². The SMILES string of the molecule is COc1cc2nc(N3CCN(C(=O)Cc4ccccc4)CC3)nc(NC(=O)[C@@H]3CCCN3C(=O)C(C)CSC(C)=O)c2cc1OC. The van der Waals surface area contributed by atoms with E-state index in [-0.39, 0.29) is 22.8 Å². The van der Waals surface area contributed by atoms with Crippen LogP contribution in [0, 0.1) is 5.92 Å². The van der Waals surface area contributed by atoms with Gasteiger partial charge in [0.25, 0.3) is 0 Å². The Labute approximate surface area is 272 Å². The van der Waals surface area contributed by atoms with E-state index < -0.39 is 12.0 Å². The van der Waals surface area contributed by atoms with Crippen LogP contribution in [0.15, 0.2) is 42.5 Å². The molecule has 1 aromatic heterocycles. The second-order valence-electron chi connectivity index (χ2n) is 11.5. The smallest absolute Gasteiger partial charge is 0.248 e. The molecule has 2 aromatic carbocycles. The largest absolute Gasteiger partial charge is 0.493 e. The Morgan fingerprint density at radius 1 is 0.978 bits per heavy atom. The van der Waals surface area contributed by atoms with Gasteiger partial charge in [0.1, 0.15) is 11.9 Å². The van der Waals surface area contributed by atoms with E-state index >= 15 is 0 Å². The summed E-state index contributed by atoms with van der Waals surface area (Å²) in [5, 5.41) is 3.51. The van der Waals surface area contributed by atoms with Crippen LogP contribution in [-0.2, 0) is 25.6 Å². The molecule has 1 unspecified atom stereocenters. The molecule has 3 aromatic rings. The number of nitrogens with one attached hydrogen (secondary N) is 1. The Bertz CT molecular complexity index is 1600. The molecule has 2 atom stereocenters. The number of rotatable bonds is 10. The van der Waals surface area contributed by atoms with Crippen LogP contribution in [0.1, 0.15) is 32.3 Å². The molecule has 0 spiro atoms. The minimum Gasteiger partial charge on any atom is -0.493 e. The molecule has 1 N–H and O–H groups in total. The second kappa shape index (κ2) is 14.8. The molecule has 46 heavy (non-hydrogen) atoms. The van der Waals surface area contributed by atoms with E-state index in [1.54, 1.807) is 31.1 Å². The molecular formula is C33H40N6O6S. The van der Waals surface area contributed by atoms with Gasteiger partial charge in [-0.15, -0.1) is 0 Å². The van der Waals surface area contributed by atoms with Crippen LogP contribution in [0.3, 0.4) is 0 Å². The summed E-state index contributed by atoms with van der Waals surface area (Å²) in [5.41, 5.74) is 1.53. The Hall–Kier alpha value is -4.39. The number of anilines is 2. The van der Waals surface area contributed by atoms with Crippen LogP contribution >= 0.6 is 11.8 Å². The highest BCUT2D eigenvalue weighted by molar-refractivity contribution is 8.13. The third-order valence-electron chi connectivity index (χ3n) is 8.34. The number of nitrogens with zero attached hydrogens (tertiary/aromatic N) is 5. The highest BCUT2D eigenvalue weighted by Crippen LogP contribution is 2.35. The summed E-state index contributed by atoms with van der Waals surface area (Å²) in [6, 6.07) is 12.5. The van der Waals surface area contributed by atoms with Crippen LogP contribution in [-0.4, -0.2) is 101 Å². The molecule has 2 saturated heterocycles. The molecule has 0 radical (unpaired) electrons. The maximum atomic E-state index is 13.8. The van der Waals surface area contributed by atoms with Crippen molar-refractivity contribution in [2.45, 2.75) is 39.2 Å². The summed E-state index contributed by atoms with van der Waals surface area (Å²) in [6.45, 7) is 5.80. The molecule has 244 valence electrons. The highest BCUT2D eigenvalue weighted by atomic mass is 32.2. The van der Waals surface area contributed by atoms with Gasteiger partial charge in [-0.05, 0) is 24.5 Å². The predicted molar refractivity (Wildman–Crippen MR) is 177 cm³/mol. The average molecular weight is 649 g/mol. The first kappa shape index (κ1) is 33.0. The molecule has 3 amide bonds.